The lowest BCUT2D eigenvalue weighted by atomic mass is 10.2. The molecule has 1 aromatic carbocycles. The van der Waals surface area contributed by atoms with Crippen LogP contribution in [-0.4, -0.2) is 56.3 Å². The van der Waals surface area contributed by atoms with Crippen molar-refractivity contribution in [1.29, 1.82) is 0 Å². The number of amides is 1. The summed E-state index contributed by atoms with van der Waals surface area (Å²) < 4.78 is 41.4. The van der Waals surface area contributed by atoms with Gasteiger partial charge in [-0.2, -0.15) is 13.2 Å². The third kappa shape index (κ3) is 4.77. The maximum atomic E-state index is 13.0. The Kier molecular flexibility index (Phi) is 6.16. The zero-order valence-electron chi connectivity index (χ0n) is 19.8. The van der Waals surface area contributed by atoms with Gasteiger partial charge in [0.05, 0.1) is 39.1 Å². The number of pyridine rings is 1. The number of rotatable bonds is 5. The number of thiophene rings is 1. The van der Waals surface area contributed by atoms with Crippen molar-refractivity contribution in [2.75, 3.05) is 24.5 Å². The number of anilines is 1. The summed E-state index contributed by atoms with van der Waals surface area (Å²) in [5, 5.41) is 13.3. The molecule has 4 aromatic heterocycles. The molecule has 0 spiro atoms. The molecule has 38 heavy (non-hydrogen) atoms. The minimum Gasteiger partial charge on any atom is -0.353 e. The average molecular weight is 539 g/mol. The van der Waals surface area contributed by atoms with Crippen LogP contribution < -0.4 is 15.5 Å². The summed E-state index contributed by atoms with van der Waals surface area (Å²) in [6.07, 6.45) is -1.33. The zero-order valence-corrected chi connectivity index (χ0v) is 20.6. The van der Waals surface area contributed by atoms with E-state index < -0.39 is 17.8 Å². The minimum atomic E-state index is -4.41. The largest absolute Gasteiger partial charge is 0.416 e. The molecule has 0 bridgehead atoms. The summed E-state index contributed by atoms with van der Waals surface area (Å²) >= 11 is 1.62. The van der Waals surface area contributed by atoms with Crippen LogP contribution in [0.1, 0.15) is 11.3 Å². The standard InChI is InChI=1S/C25H21F3N8OS/c26-25(27,28)15-1-4-17(5-2-15)36-12-18-22(34-36)31-14-32-23(18)35-9-8-29-20(13-35)24(37)30-11-16-3-6-21-19(33-16)7-10-38-21/h1-7,10,12,14,20,29H,8-9,11,13H2,(H,30,37). The molecule has 5 heterocycles. The maximum Gasteiger partial charge on any atom is 0.416 e. The van der Waals surface area contributed by atoms with Crippen LogP contribution in [0.5, 0.6) is 0 Å². The molecule has 9 nitrogen and oxygen atoms in total. The molecular weight excluding hydrogens is 517 g/mol. The van der Waals surface area contributed by atoms with Crippen molar-refractivity contribution in [2.45, 2.75) is 18.8 Å². The van der Waals surface area contributed by atoms with Crippen molar-refractivity contribution in [3.05, 3.63) is 71.6 Å². The van der Waals surface area contributed by atoms with Gasteiger partial charge < -0.3 is 15.5 Å². The van der Waals surface area contributed by atoms with E-state index in [1.807, 2.05) is 28.5 Å². The fourth-order valence-electron chi connectivity index (χ4n) is 4.43. The van der Waals surface area contributed by atoms with Gasteiger partial charge in [0.2, 0.25) is 5.91 Å². The lowest BCUT2D eigenvalue weighted by molar-refractivity contribution is -0.137. The van der Waals surface area contributed by atoms with E-state index in [0.717, 1.165) is 28.0 Å². The van der Waals surface area contributed by atoms with Crippen LogP contribution in [0.3, 0.4) is 0 Å². The van der Waals surface area contributed by atoms with Crippen LogP contribution in [0.15, 0.2) is 60.4 Å². The summed E-state index contributed by atoms with van der Waals surface area (Å²) in [4.78, 5) is 28.2. The van der Waals surface area contributed by atoms with E-state index in [1.54, 1.807) is 17.5 Å². The normalized spacial score (nSPS) is 16.3. The molecule has 5 aromatic rings. The highest BCUT2D eigenvalue weighted by atomic mass is 32.1. The first-order valence-corrected chi connectivity index (χ1v) is 12.7. The number of alkyl halides is 3. The van der Waals surface area contributed by atoms with E-state index in [2.05, 4.69) is 30.7 Å². The SMILES string of the molecule is O=C(NCc1ccc2sccc2n1)C1CN(c2ncnc3nn(-c4ccc(C(F)(F)F)cc4)cc23)CCN1. The smallest absolute Gasteiger partial charge is 0.353 e. The Labute approximate surface area is 218 Å². The molecule has 6 rings (SSSR count). The minimum absolute atomic E-state index is 0.146. The third-order valence-corrected chi connectivity index (χ3v) is 7.23. The highest BCUT2D eigenvalue weighted by molar-refractivity contribution is 7.17. The fourth-order valence-corrected chi connectivity index (χ4v) is 5.15. The van der Waals surface area contributed by atoms with Gasteiger partial charge in [0.15, 0.2) is 5.65 Å². The van der Waals surface area contributed by atoms with Crippen LogP contribution in [0, 0.1) is 0 Å². The molecule has 13 heteroatoms. The van der Waals surface area contributed by atoms with E-state index in [4.69, 9.17) is 0 Å². The maximum absolute atomic E-state index is 13.0. The number of piperazine rings is 1. The predicted molar refractivity (Wildman–Crippen MR) is 137 cm³/mol. The molecule has 1 atom stereocenters. The summed E-state index contributed by atoms with van der Waals surface area (Å²) in [5.74, 6) is 0.463. The molecule has 194 valence electrons. The number of benzene rings is 1. The molecule has 1 aliphatic rings. The summed E-state index contributed by atoms with van der Waals surface area (Å²) in [5.41, 5.74) is 1.84. The Bertz CT molecular complexity index is 1610. The van der Waals surface area contributed by atoms with Gasteiger partial charge in [0.1, 0.15) is 18.2 Å². The summed E-state index contributed by atoms with van der Waals surface area (Å²) in [6.45, 7) is 1.87. The van der Waals surface area contributed by atoms with Crippen molar-refractivity contribution < 1.29 is 18.0 Å². The van der Waals surface area contributed by atoms with Crippen LogP contribution in [0.2, 0.25) is 0 Å². The number of carbonyl (C=O) groups excluding carboxylic acids is 1. The molecule has 1 aliphatic heterocycles. The molecule has 1 fully saturated rings. The number of nitrogens with one attached hydrogen (secondary N) is 2. The Morgan fingerprint density at radius 2 is 1.97 bits per heavy atom. The van der Waals surface area contributed by atoms with Gasteiger partial charge in [0, 0.05) is 25.8 Å². The lowest BCUT2D eigenvalue weighted by Gasteiger charge is -2.33. The second kappa shape index (κ2) is 9.65. The highest BCUT2D eigenvalue weighted by Gasteiger charge is 2.30. The van der Waals surface area contributed by atoms with Crippen LogP contribution >= 0.6 is 11.3 Å². The summed E-state index contributed by atoms with van der Waals surface area (Å²) in [6, 6.07) is 10.1. The fraction of sp³-hybridized carbons (Fsp3) is 0.240. The summed E-state index contributed by atoms with van der Waals surface area (Å²) in [7, 11) is 0. The van der Waals surface area contributed by atoms with E-state index in [0.29, 0.717) is 48.7 Å². The Balaban J connectivity index is 1.17. The molecule has 1 saturated heterocycles. The first-order valence-electron chi connectivity index (χ1n) is 11.8. The Morgan fingerprint density at radius 3 is 2.79 bits per heavy atom. The van der Waals surface area contributed by atoms with Gasteiger partial charge in [-0.3, -0.25) is 9.78 Å². The van der Waals surface area contributed by atoms with Crippen molar-refractivity contribution in [1.82, 2.24) is 35.4 Å². The number of fused-ring (bicyclic) bond motifs is 2. The Morgan fingerprint density at radius 1 is 1.13 bits per heavy atom. The van der Waals surface area contributed by atoms with Gasteiger partial charge in [-0.15, -0.1) is 16.4 Å². The number of nitrogens with zero attached hydrogens (tertiary/aromatic N) is 6. The van der Waals surface area contributed by atoms with E-state index >= 15 is 0 Å². The highest BCUT2D eigenvalue weighted by Crippen LogP contribution is 2.30. The van der Waals surface area contributed by atoms with Crippen LogP contribution in [0.25, 0.3) is 26.9 Å². The van der Waals surface area contributed by atoms with Gasteiger partial charge in [0.25, 0.3) is 0 Å². The molecule has 1 unspecified atom stereocenters. The lowest BCUT2D eigenvalue weighted by Crippen LogP contribution is -2.57. The van der Waals surface area contributed by atoms with Crippen LogP contribution in [0.4, 0.5) is 19.0 Å². The van der Waals surface area contributed by atoms with Gasteiger partial charge in [-0.25, -0.2) is 14.6 Å². The number of hydrogen-bond acceptors (Lipinski definition) is 8. The van der Waals surface area contributed by atoms with E-state index in [-0.39, 0.29) is 5.91 Å². The predicted octanol–water partition coefficient (Wildman–Crippen LogP) is 3.54. The number of carbonyl (C=O) groups is 1. The number of halogens is 3. The molecule has 0 aliphatic carbocycles. The first-order chi connectivity index (χ1) is 18.3. The molecule has 0 radical (unpaired) electrons. The average Bonchev–Trinajstić information content (AvgIpc) is 3.58. The van der Waals surface area contributed by atoms with E-state index in [1.165, 1.54) is 23.1 Å². The molecule has 1 amide bonds. The van der Waals surface area contributed by atoms with Crippen molar-refractivity contribution in [2.24, 2.45) is 0 Å². The molecular formula is C25H21F3N8OS. The van der Waals surface area contributed by atoms with Crippen molar-refractivity contribution >= 4 is 44.3 Å². The number of aromatic nitrogens is 5. The number of hydrogen-bond donors (Lipinski definition) is 2. The monoisotopic (exact) mass is 538 g/mol. The molecule has 0 saturated carbocycles. The second-order valence-corrected chi connectivity index (χ2v) is 9.78. The topological polar surface area (TPSA) is 101 Å². The first kappa shape index (κ1) is 24.2. The van der Waals surface area contributed by atoms with Crippen LogP contribution in [-0.2, 0) is 17.5 Å². The van der Waals surface area contributed by atoms with Gasteiger partial charge in [-0.1, -0.05) is 0 Å². The molecule has 2 N–H and O–H groups in total. The van der Waals surface area contributed by atoms with Gasteiger partial charge in [-0.05, 0) is 47.8 Å². The van der Waals surface area contributed by atoms with E-state index in [9.17, 15) is 18.0 Å². The second-order valence-electron chi connectivity index (χ2n) is 8.83. The Hall–Kier alpha value is -4.10. The van der Waals surface area contributed by atoms with Crippen molar-refractivity contribution in [3.8, 4) is 5.69 Å². The zero-order chi connectivity index (χ0) is 26.3. The third-order valence-electron chi connectivity index (χ3n) is 6.35. The van der Waals surface area contributed by atoms with Gasteiger partial charge >= 0.3 is 6.18 Å². The quantitative estimate of drug-likeness (QED) is 0.353. The van der Waals surface area contributed by atoms with Crippen molar-refractivity contribution in [3.63, 3.8) is 0 Å².